The summed E-state index contributed by atoms with van der Waals surface area (Å²) in [5, 5.41) is -3.99. The maximum Gasteiger partial charge on any atom is 0.0636 e. The minimum atomic E-state index is -0.957. The predicted molar refractivity (Wildman–Crippen MR) is 198 cm³/mol. The SMILES string of the molecule is [2H]c1c([2H])c([2H])c(-c2c([2H])c([2H])c3c(-c4c([2H])c([2H])c([2H])c5c([2H])c([2H])c([2H])c([2H])c45)c4c([2H])c([2H])c([2H])c([2H])c4c(-c4ccc(-c5c([2H])c([2H])c6c([2H])c([2H])c([2H])c([2H])c6c5[2H])cc4)c3c2[2H])c([2H])c1[2H]. The van der Waals surface area contributed by atoms with Crippen molar-refractivity contribution in [1.82, 2.24) is 0 Å². The lowest BCUT2D eigenvalue weighted by Gasteiger charge is -2.20. The molecule has 0 spiro atoms. The van der Waals surface area contributed by atoms with Gasteiger partial charge in [0, 0.05) is 0 Å². The maximum atomic E-state index is 9.98. The molecular formula is C46H30. The van der Waals surface area contributed by atoms with Crippen molar-refractivity contribution >= 4 is 43.1 Å². The molecule has 0 amide bonds. The van der Waals surface area contributed by atoms with Gasteiger partial charge in [-0.2, -0.15) is 0 Å². The standard InChI is InChI=1S/C46H30/c1-2-11-31(12-3-1)38-27-28-43-44(30-38)45(35-24-21-33(22-25-35)37-26-23-32-13-4-5-15-36(32)29-37)41-18-8-9-19-42(41)46(43)40-20-10-16-34-14-6-7-17-39(34)40/h1-30H/i1D,2D,3D,4D,5D,6D,7D,8D,9D,10D,11D,12D,13D,14D,15D,16D,17D,18D,19D,20D,23D,26D,27D,28D,29D,30D. The minimum Gasteiger partial charge on any atom is -0.0622 e. The molecule has 0 radical (unpaired) electrons. The maximum absolute atomic E-state index is 9.98. The van der Waals surface area contributed by atoms with Crippen LogP contribution in [-0.4, -0.2) is 0 Å². The second kappa shape index (κ2) is 10.9. The molecule has 0 saturated heterocycles. The van der Waals surface area contributed by atoms with Crippen molar-refractivity contribution in [2.45, 2.75) is 0 Å². The Hall–Kier alpha value is -5.98. The molecule has 0 fully saturated rings. The average molecular weight is 609 g/mol. The Bertz CT molecular complexity index is 3990. The van der Waals surface area contributed by atoms with Crippen molar-refractivity contribution in [3.8, 4) is 44.5 Å². The summed E-state index contributed by atoms with van der Waals surface area (Å²) in [6, 6.07) is -15.7. The lowest BCUT2D eigenvalue weighted by molar-refractivity contribution is 1.62. The Morgan fingerprint density at radius 1 is 0.283 bits per heavy atom. The van der Waals surface area contributed by atoms with Crippen LogP contribution in [0.4, 0.5) is 0 Å². The van der Waals surface area contributed by atoms with Crippen LogP contribution in [0.25, 0.3) is 87.6 Å². The third-order valence-corrected chi connectivity index (χ3v) is 7.52. The fourth-order valence-electron chi connectivity index (χ4n) is 5.49. The van der Waals surface area contributed by atoms with Crippen LogP contribution in [0.3, 0.4) is 0 Å². The Kier molecular flexibility index (Phi) is 2.63. The Morgan fingerprint density at radius 3 is 1.65 bits per heavy atom. The molecule has 214 valence electrons. The molecule has 0 aliphatic carbocycles. The van der Waals surface area contributed by atoms with Crippen molar-refractivity contribution in [3.63, 3.8) is 0 Å². The summed E-state index contributed by atoms with van der Waals surface area (Å²) in [5.41, 5.74) is -3.26. The van der Waals surface area contributed by atoms with Crippen molar-refractivity contribution in [2.24, 2.45) is 0 Å². The molecular weight excluding hydrogens is 553 g/mol. The van der Waals surface area contributed by atoms with Gasteiger partial charge in [-0.1, -0.05) is 169 Å². The largest absolute Gasteiger partial charge is 0.0636 e. The summed E-state index contributed by atoms with van der Waals surface area (Å²) in [7, 11) is 0. The Morgan fingerprint density at radius 2 is 0.848 bits per heavy atom. The molecule has 0 heteroatoms. The van der Waals surface area contributed by atoms with E-state index in [0.29, 0.717) is 0 Å². The second-order valence-corrected chi connectivity index (χ2v) is 10.1. The lowest BCUT2D eigenvalue weighted by atomic mass is 9.83. The summed E-state index contributed by atoms with van der Waals surface area (Å²) in [6.07, 6.45) is 0. The van der Waals surface area contributed by atoms with Gasteiger partial charge >= 0.3 is 0 Å². The first kappa shape index (κ1) is 11.1. The first-order valence-corrected chi connectivity index (χ1v) is 13.8. The molecule has 0 nitrogen and oxygen atoms in total. The van der Waals surface area contributed by atoms with E-state index < -0.39 is 212 Å². The van der Waals surface area contributed by atoms with Crippen molar-refractivity contribution in [3.05, 3.63) is 181 Å². The van der Waals surface area contributed by atoms with Gasteiger partial charge < -0.3 is 0 Å². The third-order valence-electron chi connectivity index (χ3n) is 7.52. The van der Waals surface area contributed by atoms with E-state index in [-0.39, 0.29) is 33.0 Å². The summed E-state index contributed by atoms with van der Waals surface area (Å²) in [4.78, 5) is 0. The first-order chi connectivity index (χ1) is 33.6. The second-order valence-electron chi connectivity index (χ2n) is 10.1. The van der Waals surface area contributed by atoms with E-state index in [0.717, 1.165) is 0 Å². The number of rotatable bonds is 4. The molecule has 0 N–H and O–H groups in total. The number of fused-ring (bicyclic) bond motifs is 4. The van der Waals surface area contributed by atoms with Crippen LogP contribution in [-0.2, 0) is 0 Å². The van der Waals surface area contributed by atoms with Crippen LogP contribution in [0.15, 0.2) is 181 Å². The molecule has 0 saturated carbocycles. The quantitative estimate of drug-likeness (QED) is 0.174. The van der Waals surface area contributed by atoms with Gasteiger partial charge in [-0.15, -0.1) is 0 Å². The zero-order chi connectivity index (χ0) is 53.1. The van der Waals surface area contributed by atoms with Crippen LogP contribution in [0.5, 0.6) is 0 Å². The predicted octanol–water partition coefficient (Wildman–Crippen LogP) is 13.0. The van der Waals surface area contributed by atoms with Gasteiger partial charge in [-0.3, -0.25) is 0 Å². The highest BCUT2D eigenvalue weighted by atomic mass is 14.2. The van der Waals surface area contributed by atoms with Gasteiger partial charge in [-0.05, 0) is 99.7 Å². The van der Waals surface area contributed by atoms with Gasteiger partial charge in [0.15, 0.2) is 0 Å². The van der Waals surface area contributed by atoms with Gasteiger partial charge in [-0.25, -0.2) is 0 Å². The summed E-state index contributed by atoms with van der Waals surface area (Å²) in [5.74, 6) is 0. The van der Waals surface area contributed by atoms with Crippen molar-refractivity contribution in [1.29, 1.82) is 0 Å². The van der Waals surface area contributed by atoms with Crippen molar-refractivity contribution in [2.75, 3.05) is 0 Å². The van der Waals surface area contributed by atoms with E-state index in [1.54, 1.807) is 0 Å². The van der Waals surface area contributed by atoms with Crippen LogP contribution in [0, 0.1) is 0 Å². The summed E-state index contributed by atoms with van der Waals surface area (Å²) >= 11 is 0. The smallest absolute Gasteiger partial charge is 0.0622 e. The fraction of sp³-hybridized carbons (Fsp3) is 0. The van der Waals surface area contributed by atoms with Gasteiger partial charge in [0.05, 0.1) is 35.6 Å². The third kappa shape index (κ3) is 4.38. The van der Waals surface area contributed by atoms with E-state index in [1.807, 2.05) is 0 Å². The van der Waals surface area contributed by atoms with Crippen LogP contribution in [0.2, 0.25) is 0 Å². The topological polar surface area (TPSA) is 0 Å². The van der Waals surface area contributed by atoms with Gasteiger partial charge in [0.2, 0.25) is 0 Å². The van der Waals surface area contributed by atoms with E-state index in [4.69, 9.17) is 27.4 Å². The first-order valence-electron chi connectivity index (χ1n) is 26.8. The van der Waals surface area contributed by atoms with Crippen LogP contribution >= 0.6 is 0 Å². The molecule has 0 aliphatic rings. The summed E-state index contributed by atoms with van der Waals surface area (Å²) < 4.78 is 231. The highest BCUT2D eigenvalue weighted by molar-refractivity contribution is 6.24. The van der Waals surface area contributed by atoms with Gasteiger partial charge in [0.25, 0.3) is 0 Å². The highest BCUT2D eigenvalue weighted by Gasteiger charge is 2.19. The van der Waals surface area contributed by atoms with E-state index >= 15 is 0 Å². The number of hydrogen-bond donors (Lipinski definition) is 0. The van der Waals surface area contributed by atoms with Crippen molar-refractivity contribution < 1.29 is 35.6 Å². The number of hydrogen-bond acceptors (Lipinski definition) is 0. The molecule has 0 heterocycles. The number of benzene rings is 9. The average Bonchev–Trinajstić information content (AvgIpc) is 3.35. The molecule has 0 aliphatic heterocycles. The van der Waals surface area contributed by atoms with Gasteiger partial charge in [0.1, 0.15) is 0 Å². The molecule has 46 heavy (non-hydrogen) atoms. The zero-order valence-corrected chi connectivity index (χ0v) is 23.3. The van der Waals surface area contributed by atoms with Crippen LogP contribution < -0.4 is 0 Å². The zero-order valence-electron chi connectivity index (χ0n) is 49.3. The molecule has 0 unspecified atom stereocenters. The lowest BCUT2D eigenvalue weighted by Crippen LogP contribution is -1.92. The molecule has 9 rings (SSSR count). The monoisotopic (exact) mass is 608 g/mol. The Balaban J connectivity index is 1.56. The minimum absolute atomic E-state index is 0.0298. The van der Waals surface area contributed by atoms with E-state index in [1.165, 1.54) is 24.3 Å². The fourth-order valence-corrected chi connectivity index (χ4v) is 5.49. The summed E-state index contributed by atoms with van der Waals surface area (Å²) in [6.45, 7) is 0. The molecule has 0 bridgehead atoms. The molecule has 0 aromatic heterocycles. The highest BCUT2D eigenvalue weighted by Crippen LogP contribution is 2.46. The molecule has 0 atom stereocenters. The van der Waals surface area contributed by atoms with Crippen LogP contribution in [0.1, 0.15) is 35.6 Å². The molecule has 9 aromatic rings. The Labute approximate surface area is 305 Å². The normalized spacial score (nSPS) is 19.4. The molecule has 9 aromatic carbocycles. The van der Waals surface area contributed by atoms with E-state index in [2.05, 4.69) is 0 Å². The van der Waals surface area contributed by atoms with E-state index in [9.17, 15) is 8.22 Å².